The van der Waals surface area contributed by atoms with Gasteiger partial charge in [-0.1, -0.05) is 18.2 Å². The van der Waals surface area contributed by atoms with E-state index in [0.717, 1.165) is 10.9 Å². The lowest BCUT2D eigenvalue weighted by molar-refractivity contribution is -0.0511. The Labute approximate surface area is 153 Å². The van der Waals surface area contributed by atoms with Crippen molar-refractivity contribution in [3.63, 3.8) is 0 Å². The normalized spacial score (nSPS) is 25.6. The average molecular weight is 367 g/mol. The molecule has 1 aliphatic rings. The molecule has 0 bridgehead atoms. The second kappa shape index (κ2) is 6.10. The maximum Gasteiger partial charge on any atom is 0.168 e. The molecule has 0 saturated carbocycles. The van der Waals surface area contributed by atoms with Crippen molar-refractivity contribution in [2.24, 2.45) is 0 Å². The average Bonchev–Trinajstić information content (AvgIpc) is 3.38. The van der Waals surface area contributed by atoms with E-state index in [1.54, 1.807) is 4.57 Å². The summed E-state index contributed by atoms with van der Waals surface area (Å²) >= 11 is 0. The Morgan fingerprint density at radius 2 is 1.89 bits per heavy atom. The largest absolute Gasteiger partial charge is 0.394 e. The van der Waals surface area contributed by atoms with Crippen molar-refractivity contribution in [3.05, 3.63) is 49.2 Å². The highest BCUT2D eigenvalue weighted by atomic mass is 16.6. The van der Waals surface area contributed by atoms with Crippen LogP contribution in [0.4, 0.5) is 0 Å². The van der Waals surface area contributed by atoms with Gasteiger partial charge in [0.05, 0.1) is 18.5 Å². The maximum atomic E-state index is 10.3. The van der Waals surface area contributed by atoms with E-state index in [1.807, 2.05) is 41.1 Å². The third-order valence-electron chi connectivity index (χ3n) is 4.96. The van der Waals surface area contributed by atoms with E-state index in [1.165, 1.54) is 12.7 Å². The van der Waals surface area contributed by atoms with Crippen LogP contribution in [0.1, 0.15) is 6.23 Å². The Morgan fingerprint density at radius 3 is 2.70 bits per heavy atom. The number of ether oxygens (including phenoxy) is 1. The van der Waals surface area contributed by atoms with E-state index < -0.39 is 31.1 Å². The monoisotopic (exact) mass is 367 g/mol. The summed E-state index contributed by atoms with van der Waals surface area (Å²) in [5.41, 5.74) is 1.99. The van der Waals surface area contributed by atoms with Gasteiger partial charge in [0.2, 0.25) is 0 Å². The zero-order valence-electron chi connectivity index (χ0n) is 14.1. The van der Waals surface area contributed by atoms with E-state index in [-0.39, 0.29) is 0 Å². The van der Waals surface area contributed by atoms with Crippen LogP contribution < -0.4 is 0 Å². The van der Waals surface area contributed by atoms with Gasteiger partial charge in [-0.15, -0.1) is 0 Å². The molecule has 4 atom stereocenters. The summed E-state index contributed by atoms with van der Waals surface area (Å²) in [5, 5.41) is 30.7. The van der Waals surface area contributed by atoms with E-state index in [9.17, 15) is 15.3 Å². The minimum atomic E-state index is -1.20. The number of rotatable bonds is 3. The molecule has 27 heavy (non-hydrogen) atoms. The van der Waals surface area contributed by atoms with Gasteiger partial charge in [-0.2, -0.15) is 0 Å². The molecule has 1 aliphatic heterocycles. The molecule has 138 valence electrons. The predicted molar refractivity (Wildman–Crippen MR) is 95.2 cm³/mol. The number of aliphatic hydroxyl groups is 3. The van der Waals surface area contributed by atoms with Gasteiger partial charge in [0.25, 0.3) is 0 Å². The Balaban J connectivity index is 1.64. The van der Waals surface area contributed by atoms with Gasteiger partial charge in [0, 0.05) is 6.20 Å². The third kappa shape index (κ3) is 2.37. The molecular formula is C18H17N5O4. The summed E-state index contributed by atoms with van der Waals surface area (Å²) in [4.78, 5) is 13.1. The molecule has 1 unspecified atom stereocenters. The van der Waals surface area contributed by atoms with Crippen molar-refractivity contribution in [2.75, 3.05) is 6.61 Å². The highest BCUT2D eigenvalue weighted by Gasteiger charge is 2.44. The Hall–Kier alpha value is -2.85. The number of imidazole rings is 1. The second-order valence-electron chi connectivity index (χ2n) is 6.49. The summed E-state index contributed by atoms with van der Waals surface area (Å²) in [5.74, 6) is 0.603. The minimum Gasteiger partial charge on any atom is -0.394 e. The molecule has 0 spiro atoms. The Kier molecular flexibility index (Phi) is 3.69. The van der Waals surface area contributed by atoms with E-state index in [4.69, 9.17) is 4.74 Å². The lowest BCUT2D eigenvalue weighted by atomic mass is 10.1. The lowest BCUT2D eigenvalue weighted by Gasteiger charge is -2.16. The highest BCUT2D eigenvalue weighted by Crippen LogP contribution is 2.32. The van der Waals surface area contributed by atoms with Gasteiger partial charge in [-0.25, -0.2) is 15.0 Å². The number of fused-ring (bicyclic) bond motifs is 2. The first-order valence-corrected chi connectivity index (χ1v) is 8.55. The van der Waals surface area contributed by atoms with Crippen LogP contribution in [-0.2, 0) is 4.74 Å². The van der Waals surface area contributed by atoms with Gasteiger partial charge in [-0.3, -0.25) is 9.13 Å². The van der Waals surface area contributed by atoms with Crippen molar-refractivity contribution in [1.29, 1.82) is 0 Å². The highest BCUT2D eigenvalue weighted by molar-refractivity contribution is 5.86. The molecule has 3 aromatic heterocycles. The van der Waals surface area contributed by atoms with Gasteiger partial charge >= 0.3 is 0 Å². The lowest BCUT2D eigenvalue weighted by Crippen LogP contribution is -2.33. The first-order chi connectivity index (χ1) is 13.2. The van der Waals surface area contributed by atoms with Crippen molar-refractivity contribution < 1.29 is 20.1 Å². The zero-order chi connectivity index (χ0) is 18.5. The summed E-state index contributed by atoms with van der Waals surface area (Å²) < 4.78 is 9.07. The molecule has 4 aromatic rings. The summed E-state index contributed by atoms with van der Waals surface area (Å²) in [6.07, 6.45) is 0.680. The molecular weight excluding hydrogens is 350 g/mol. The summed E-state index contributed by atoms with van der Waals surface area (Å²) in [7, 11) is 0. The number of aromatic nitrogens is 5. The summed E-state index contributed by atoms with van der Waals surface area (Å²) in [6, 6.07) is 9.92. The maximum absolute atomic E-state index is 10.3. The number of para-hydroxylation sites is 1. The van der Waals surface area contributed by atoms with Gasteiger partial charge < -0.3 is 20.1 Å². The van der Waals surface area contributed by atoms with Crippen molar-refractivity contribution in [3.8, 4) is 5.82 Å². The first kappa shape index (κ1) is 16.3. The van der Waals surface area contributed by atoms with Crippen LogP contribution in [0.25, 0.3) is 27.9 Å². The van der Waals surface area contributed by atoms with Crippen LogP contribution in [0.2, 0.25) is 0 Å². The Morgan fingerprint density at radius 1 is 1.04 bits per heavy atom. The molecule has 5 rings (SSSR count). The molecule has 3 N–H and O–H groups in total. The van der Waals surface area contributed by atoms with Crippen LogP contribution in [0.3, 0.4) is 0 Å². The number of aliphatic hydroxyl groups excluding tert-OH is 3. The molecule has 9 heteroatoms. The standard InChI is InChI=1S/C18H17N5O4/c24-7-12-14(25)15(26)18(27-12)23-9-21-13-16(19-8-20-17(13)23)22-6-5-10-3-1-2-4-11(10)22/h1-6,8-9,12,14-15,18,24-26H,7H2/t12-,14-,15-,18?/m1/s1. The molecule has 4 heterocycles. The van der Waals surface area contributed by atoms with Crippen molar-refractivity contribution in [1.82, 2.24) is 24.1 Å². The minimum absolute atomic E-state index is 0.392. The van der Waals surface area contributed by atoms with E-state index in [0.29, 0.717) is 17.0 Å². The fourth-order valence-electron chi connectivity index (χ4n) is 3.58. The quantitative estimate of drug-likeness (QED) is 0.479. The van der Waals surface area contributed by atoms with Gasteiger partial charge in [-0.05, 0) is 17.5 Å². The molecule has 1 aromatic carbocycles. The summed E-state index contributed by atoms with van der Waals surface area (Å²) in [6.45, 7) is -0.392. The van der Waals surface area contributed by atoms with Crippen LogP contribution in [0.5, 0.6) is 0 Å². The van der Waals surface area contributed by atoms with E-state index >= 15 is 0 Å². The van der Waals surface area contributed by atoms with Crippen LogP contribution in [0.15, 0.2) is 49.2 Å². The van der Waals surface area contributed by atoms with Crippen molar-refractivity contribution in [2.45, 2.75) is 24.5 Å². The zero-order valence-corrected chi connectivity index (χ0v) is 14.1. The van der Waals surface area contributed by atoms with Crippen LogP contribution in [0, 0.1) is 0 Å². The fraction of sp³-hybridized carbons (Fsp3) is 0.278. The molecule has 1 fully saturated rings. The smallest absolute Gasteiger partial charge is 0.168 e. The third-order valence-corrected chi connectivity index (χ3v) is 4.96. The molecule has 9 nitrogen and oxygen atoms in total. The SMILES string of the molecule is OC[C@H]1OC(n2cnc3c(-n4ccc5ccccc54)ncnc32)[C@H](O)[C@@H]1O. The molecule has 0 amide bonds. The van der Waals surface area contributed by atoms with Crippen molar-refractivity contribution >= 4 is 22.1 Å². The topological polar surface area (TPSA) is 118 Å². The van der Waals surface area contributed by atoms with Crippen LogP contribution >= 0.6 is 0 Å². The fourth-order valence-corrected chi connectivity index (χ4v) is 3.58. The number of hydrogen-bond donors (Lipinski definition) is 3. The number of hydrogen-bond acceptors (Lipinski definition) is 7. The van der Waals surface area contributed by atoms with Gasteiger partial charge in [0.15, 0.2) is 23.2 Å². The van der Waals surface area contributed by atoms with Gasteiger partial charge in [0.1, 0.15) is 24.6 Å². The number of benzene rings is 1. The molecule has 0 radical (unpaired) electrons. The molecule has 0 aliphatic carbocycles. The predicted octanol–water partition coefficient (Wildman–Crippen LogP) is 0.382. The molecule has 1 saturated heterocycles. The Bertz CT molecular complexity index is 1120. The number of nitrogens with zero attached hydrogens (tertiary/aromatic N) is 5. The van der Waals surface area contributed by atoms with E-state index in [2.05, 4.69) is 15.0 Å². The van der Waals surface area contributed by atoms with Crippen LogP contribution in [-0.4, -0.2) is 64.3 Å². The first-order valence-electron chi connectivity index (χ1n) is 8.55. The second-order valence-corrected chi connectivity index (χ2v) is 6.49.